The molecular formula is C12H20O4. The molecule has 92 valence electrons. The zero-order valence-corrected chi connectivity index (χ0v) is 10.2. The van der Waals surface area contributed by atoms with E-state index in [4.69, 9.17) is 9.84 Å². The minimum absolute atomic E-state index is 0.242. The Labute approximate surface area is 96.0 Å². The van der Waals surface area contributed by atoms with Gasteiger partial charge in [-0.2, -0.15) is 0 Å². The second-order valence-corrected chi connectivity index (χ2v) is 5.43. The number of esters is 1. The van der Waals surface area contributed by atoms with Gasteiger partial charge in [-0.25, -0.2) is 0 Å². The summed E-state index contributed by atoms with van der Waals surface area (Å²) in [6, 6.07) is 0. The van der Waals surface area contributed by atoms with E-state index in [0.29, 0.717) is 12.8 Å². The molecule has 0 saturated heterocycles. The van der Waals surface area contributed by atoms with E-state index < -0.39 is 11.6 Å². The van der Waals surface area contributed by atoms with Crippen LogP contribution in [0.15, 0.2) is 0 Å². The standard InChI is InChI=1S/C12H20O4/c1-12(2,3)16-11(15)9-6-4-5-8(7-9)10(13)14/h8-9H,4-7H2,1-3H3,(H,13,14)/t8-,9-/m1/s1. The lowest BCUT2D eigenvalue weighted by Crippen LogP contribution is -2.33. The maximum Gasteiger partial charge on any atom is 0.309 e. The van der Waals surface area contributed by atoms with Crippen molar-refractivity contribution in [2.45, 2.75) is 52.1 Å². The highest BCUT2D eigenvalue weighted by Gasteiger charge is 2.33. The van der Waals surface area contributed by atoms with Crippen LogP contribution in [0.5, 0.6) is 0 Å². The lowest BCUT2D eigenvalue weighted by atomic mass is 9.81. The summed E-state index contributed by atoms with van der Waals surface area (Å²) in [5.74, 6) is -1.67. The normalized spacial score (nSPS) is 26.2. The molecule has 1 rings (SSSR count). The number of hydrogen-bond donors (Lipinski definition) is 1. The van der Waals surface area contributed by atoms with Crippen molar-refractivity contribution in [3.8, 4) is 0 Å². The first-order valence-electron chi connectivity index (χ1n) is 5.75. The number of ether oxygens (including phenoxy) is 1. The topological polar surface area (TPSA) is 63.6 Å². The largest absolute Gasteiger partial charge is 0.481 e. The predicted molar refractivity (Wildman–Crippen MR) is 58.9 cm³/mol. The van der Waals surface area contributed by atoms with Crippen LogP contribution in [0.25, 0.3) is 0 Å². The number of hydrogen-bond acceptors (Lipinski definition) is 3. The Morgan fingerprint density at radius 1 is 1.19 bits per heavy atom. The van der Waals surface area contributed by atoms with Crippen LogP contribution in [-0.4, -0.2) is 22.6 Å². The molecule has 2 atom stereocenters. The van der Waals surface area contributed by atoms with Gasteiger partial charge in [0.25, 0.3) is 0 Å². The fourth-order valence-corrected chi connectivity index (χ4v) is 2.01. The lowest BCUT2D eigenvalue weighted by Gasteiger charge is -2.28. The van der Waals surface area contributed by atoms with Gasteiger partial charge in [0.1, 0.15) is 5.60 Å². The SMILES string of the molecule is CC(C)(C)OC(=O)[C@@H]1CCC[C@@H](C(=O)O)C1. The van der Waals surface area contributed by atoms with Gasteiger partial charge in [-0.3, -0.25) is 9.59 Å². The van der Waals surface area contributed by atoms with Crippen molar-refractivity contribution in [2.24, 2.45) is 11.8 Å². The van der Waals surface area contributed by atoms with E-state index >= 15 is 0 Å². The van der Waals surface area contributed by atoms with Crippen LogP contribution in [0.4, 0.5) is 0 Å². The summed E-state index contributed by atoms with van der Waals surface area (Å²) in [5.41, 5.74) is -0.493. The highest BCUT2D eigenvalue weighted by Crippen LogP contribution is 2.30. The molecule has 0 bridgehead atoms. The molecule has 0 aromatic rings. The molecule has 16 heavy (non-hydrogen) atoms. The Kier molecular flexibility index (Phi) is 3.94. The minimum atomic E-state index is -0.798. The highest BCUT2D eigenvalue weighted by molar-refractivity contribution is 5.75. The van der Waals surface area contributed by atoms with Crippen molar-refractivity contribution in [3.63, 3.8) is 0 Å². The van der Waals surface area contributed by atoms with Gasteiger partial charge in [0, 0.05) is 0 Å². The number of rotatable bonds is 2. The van der Waals surface area contributed by atoms with E-state index in [1.807, 2.05) is 20.8 Å². The van der Waals surface area contributed by atoms with E-state index in [-0.39, 0.29) is 17.8 Å². The Morgan fingerprint density at radius 3 is 2.25 bits per heavy atom. The Bertz CT molecular complexity index is 277. The molecule has 0 heterocycles. The summed E-state index contributed by atoms with van der Waals surface area (Å²) in [6.45, 7) is 5.47. The van der Waals surface area contributed by atoms with Crippen LogP contribution < -0.4 is 0 Å². The first kappa shape index (κ1) is 13.0. The summed E-state index contributed by atoms with van der Waals surface area (Å²) < 4.78 is 5.27. The van der Waals surface area contributed by atoms with Gasteiger partial charge in [-0.15, -0.1) is 0 Å². The molecule has 4 heteroatoms. The smallest absolute Gasteiger partial charge is 0.309 e. The molecule has 0 unspecified atom stereocenters. The van der Waals surface area contributed by atoms with Crippen molar-refractivity contribution in [1.82, 2.24) is 0 Å². The molecule has 1 N–H and O–H groups in total. The monoisotopic (exact) mass is 228 g/mol. The third-order valence-corrected chi connectivity index (χ3v) is 2.76. The zero-order valence-electron chi connectivity index (χ0n) is 10.2. The van der Waals surface area contributed by atoms with Gasteiger partial charge >= 0.3 is 11.9 Å². The number of carbonyl (C=O) groups excluding carboxylic acids is 1. The quantitative estimate of drug-likeness (QED) is 0.736. The number of aliphatic carboxylic acids is 1. The van der Waals surface area contributed by atoms with Crippen LogP contribution in [-0.2, 0) is 14.3 Å². The fraction of sp³-hybridized carbons (Fsp3) is 0.833. The average Bonchev–Trinajstić information content (AvgIpc) is 2.15. The molecule has 0 aliphatic heterocycles. The summed E-state index contributed by atoms with van der Waals surface area (Å²) in [5, 5.41) is 8.92. The van der Waals surface area contributed by atoms with Crippen LogP contribution in [0.3, 0.4) is 0 Å². The molecule has 4 nitrogen and oxygen atoms in total. The summed E-state index contributed by atoms with van der Waals surface area (Å²) in [7, 11) is 0. The van der Waals surface area contributed by atoms with Crippen LogP contribution in [0.2, 0.25) is 0 Å². The second-order valence-electron chi connectivity index (χ2n) is 5.43. The van der Waals surface area contributed by atoms with Crippen molar-refractivity contribution >= 4 is 11.9 Å². The maximum atomic E-state index is 11.8. The van der Waals surface area contributed by atoms with Gasteiger partial charge in [0.2, 0.25) is 0 Å². The molecule has 1 saturated carbocycles. The van der Waals surface area contributed by atoms with E-state index in [9.17, 15) is 9.59 Å². The van der Waals surface area contributed by atoms with Crippen LogP contribution in [0, 0.1) is 11.8 Å². The Morgan fingerprint density at radius 2 is 1.75 bits per heavy atom. The van der Waals surface area contributed by atoms with Gasteiger partial charge in [0.15, 0.2) is 0 Å². The van der Waals surface area contributed by atoms with Crippen molar-refractivity contribution < 1.29 is 19.4 Å². The third kappa shape index (κ3) is 3.83. The summed E-state index contributed by atoms with van der Waals surface area (Å²) in [6.07, 6.45) is 2.64. The predicted octanol–water partition coefficient (Wildman–Crippen LogP) is 2.22. The van der Waals surface area contributed by atoms with Crippen molar-refractivity contribution in [3.05, 3.63) is 0 Å². The average molecular weight is 228 g/mol. The van der Waals surface area contributed by atoms with Crippen LogP contribution in [0.1, 0.15) is 46.5 Å². The molecule has 0 spiro atoms. The fourth-order valence-electron chi connectivity index (χ4n) is 2.01. The Balaban J connectivity index is 2.54. The van der Waals surface area contributed by atoms with E-state index in [2.05, 4.69) is 0 Å². The first-order valence-corrected chi connectivity index (χ1v) is 5.75. The molecule has 0 aromatic heterocycles. The zero-order chi connectivity index (χ0) is 12.3. The molecule has 0 radical (unpaired) electrons. The molecule has 1 fully saturated rings. The molecule has 0 amide bonds. The lowest BCUT2D eigenvalue weighted by molar-refractivity contribution is -0.162. The third-order valence-electron chi connectivity index (χ3n) is 2.76. The van der Waals surface area contributed by atoms with Gasteiger partial charge in [0.05, 0.1) is 11.8 Å². The number of carboxylic acids is 1. The molecule has 0 aromatic carbocycles. The van der Waals surface area contributed by atoms with E-state index in [1.165, 1.54) is 0 Å². The van der Waals surface area contributed by atoms with Gasteiger partial charge in [-0.1, -0.05) is 6.42 Å². The first-order chi connectivity index (χ1) is 7.29. The molecule has 1 aliphatic carbocycles. The van der Waals surface area contributed by atoms with Gasteiger partial charge in [-0.05, 0) is 40.0 Å². The molecule has 1 aliphatic rings. The summed E-state index contributed by atoms with van der Waals surface area (Å²) >= 11 is 0. The van der Waals surface area contributed by atoms with Crippen molar-refractivity contribution in [2.75, 3.05) is 0 Å². The highest BCUT2D eigenvalue weighted by atomic mass is 16.6. The van der Waals surface area contributed by atoms with Crippen molar-refractivity contribution in [1.29, 1.82) is 0 Å². The number of carboxylic acid groups (broad SMARTS) is 1. The molecular weight excluding hydrogens is 208 g/mol. The second kappa shape index (κ2) is 4.85. The minimum Gasteiger partial charge on any atom is -0.481 e. The maximum absolute atomic E-state index is 11.8. The number of carbonyl (C=O) groups is 2. The Hall–Kier alpha value is -1.06. The van der Waals surface area contributed by atoms with Gasteiger partial charge < -0.3 is 9.84 Å². The van der Waals surface area contributed by atoms with Crippen LogP contribution >= 0.6 is 0 Å². The van der Waals surface area contributed by atoms with E-state index in [0.717, 1.165) is 12.8 Å². The van der Waals surface area contributed by atoms with E-state index in [1.54, 1.807) is 0 Å². The summed E-state index contributed by atoms with van der Waals surface area (Å²) in [4.78, 5) is 22.6.